The largest absolute Gasteiger partial charge is 0.494 e. The average Bonchev–Trinajstić information content (AvgIpc) is 2.95. The van der Waals surface area contributed by atoms with Gasteiger partial charge in [0.05, 0.1) is 17.6 Å². The van der Waals surface area contributed by atoms with Crippen LogP contribution in [0.2, 0.25) is 0 Å². The first kappa shape index (κ1) is 14.3. The zero-order valence-electron chi connectivity index (χ0n) is 12.5. The van der Waals surface area contributed by atoms with Crippen LogP contribution < -0.4 is 4.74 Å². The number of nitrogens with zero attached hydrogens (tertiary/aromatic N) is 2. The molecule has 0 fully saturated rings. The van der Waals surface area contributed by atoms with Gasteiger partial charge < -0.3 is 4.74 Å². The van der Waals surface area contributed by atoms with Crippen molar-refractivity contribution < 1.29 is 9.53 Å². The van der Waals surface area contributed by atoms with E-state index < -0.39 is 0 Å². The number of benzene rings is 2. The molecular formula is C18H18N2O2. The highest BCUT2D eigenvalue weighted by Crippen LogP contribution is 2.15. The SMILES string of the molecule is Cc1ccc2c(c1)ncn2C(=O)CCCOc1ccccc1. The Bertz CT molecular complexity index is 778. The second-order valence-corrected chi connectivity index (χ2v) is 5.27. The van der Waals surface area contributed by atoms with Gasteiger partial charge in [-0.1, -0.05) is 24.3 Å². The zero-order valence-corrected chi connectivity index (χ0v) is 12.5. The summed E-state index contributed by atoms with van der Waals surface area (Å²) >= 11 is 0. The van der Waals surface area contributed by atoms with Gasteiger partial charge in [0.1, 0.15) is 12.1 Å². The van der Waals surface area contributed by atoms with Gasteiger partial charge in [-0.15, -0.1) is 0 Å². The fourth-order valence-electron chi connectivity index (χ4n) is 2.37. The van der Waals surface area contributed by atoms with Crippen molar-refractivity contribution in [1.29, 1.82) is 0 Å². The molecule has 22 heavy (non-hydrogen) atoms. The lowest BCUT2D eigenvalue weighted by molar-refractivity contribution is 0.0898. The third-order valence-corrected chi connectivity index (χ3v) is 3.52. The molecule has 0 aliphatic rings. The van der Waals surface area contributed by atoms with E-state index in [0.29, 0.717) is 19.4 Å². The molecule has 0 bridgehead atoms. The Morgan fingerprint density at radius 3 is 2.82 bits per heavy atom. The third-order valence-electron chi connectivity index (χ3n) is 3.52. The maximum absolute atomic E-state index is 12.3. The van der Waals surface area contributed by atoms with Gasteiger partial charge in [0.2, 0.25) is 5.91 Å². The van der Waals surface area contributed by atoms with E-state index in [1.54, 1.807) is 10.9 Å². The predicted octanol–water partition coefficient (Wildman–Crippen LogP) is 3.84. The Labute approximate surface area is 129 Å². The van der Waals surface area contributed by atoms with Crippen LogP contribution in [0.25, 0.3) is 11.0 Å². The number of carbonyl (C=O) groups is 1. The molecule has 0 amide bonds. The predicted molar refractivity (Wildman–Crippen MR) is 86.3 cm³/mol. The Morgan fingerprint density at radius 2 is 2.00 bits per heavy atom. The molecule has 3 aromatic rings. The van der Waals surface area contributed by atoms with E-state index in [1.165, 1.54) is 0 Å². The molecule has 0 saturated carbocycles. The van der Waals surface area contributed by atoms with Gasteiger partial charge in [0, 0.05) is 6.42 Å². The monoisotopic (exact) mass is 294 g/mol. The lowest BCUT2D eigenvalue weighted by atomic mass is 10.2. The highest BCUT2D eigenvalue weighted by Gasteiger charge is 2.09. The van der Waals surface area contributed by atoms with Crippen LogP contribution in [0.15, 0.2) is 54.9 Å². The number of ether oxygens (including phenoxy) is 1. The maximum atomic E-state index is 12.3. The molecule has 2 aromatic carbocycles. The summed E-state index contributed by atoms with van der Waals surface area (Å²) in [7, 11) is 0. The van der Waals surface area contributed by atoms with Crippen molar-refractivity contribution in [3.05, 3.63) is 60.4 Å². The van der Waals surface area contributed by atoms with Crippen molar-refractivity contribution in [2.75, 3.05) is 6.61 Å². The minimum Gasteiger partial charge on any atom is -0.494 e. The molecule has 1 heterocycles. The van der Waals surface area contributed by atoms with Crippen molar-refractivity contribution >= 4 is 16.9 Å². The fraction of sp³-hybridized carbons (Fsp3) is 0.222. The van der Waals surface area contributed by atoms with Gasteiger partial charge in [0.25, 0.3) is 0 Å². The minimum absolute atomic E-state index is 0.0445. The van der Waals surface area contributed by atoms with Gasteiger partial charge in [-0.2, -0.15) is 0 Å². The summed E-state index contributed by atoms with van der Waals surface area (Å²) in [5.74, 6) is 0.876. The van der Waals surface area contributed by atoms with Gasteiger partial charge in [-0.3, -0.25) is 9.36 Å². The van der Waals surface area contributed by atoms with Crippen LogP contribution in [0.4, 0.5) is 0 Å². The van der Waals surface area contributed by atoms with E-state index in [9.17, 15) is 4.79 Å². The van der Waals surface area contributed by atoms with Crippen LogP contribution in [0.1, 0.15) is 23.2 Å². The molecule has 0 spiro atoms. The minimum atomic E-state index is 0.0445. The number of hydrogen-bond donors (Lipinski definition) is 0. The normalized spacial score (nSPS) is 10.8. The van der Waals surface area contributed by atoms with E-state index in [2.05, 4.69) is 4.98 Å². The van der Waals surface area contributed by atoms with Crippen LogP contribution in [-0.4, -0.2) is 22.1 Å². The van der Waals surface area contributed by atoms with Crippen molar-refractivity contribution in [3.63, 3.8) is 0 Å². The van der Waals surface area contributed by atoms with E-state index in [4.69, 9.17) is 4.74 Å². The summed E-state index contributed by atoms with van der Waals surface area (Å²) < 4.78 is 7.22. The fourth-order valence-corrected chi connectivity index (χ4v) is 2.37. The van der Waals surface area contributed by atoms with Crippen LogP contribution in [-0.2, 0) is 0 Å². The quantitative estimate of drug-likeness (QED) is 0.671. The Hall–Kier alpha value is -2.62. The van der Waals surface area contributed by atoms with Crippen LogP contribution in [0.5, 0.6) is 5.75 Å². The molecular weight excluding hydrogens is 276 g/mol. The van der Waals surface area contributed by atoms with E-state index in [-0.39, 0.29) is 5.91 Å². The molecule has 0 aliphatic carbocycles. The van der Waals surface area contributed by atoms with Crippen LogP contribution >= 0.6 is 0 Å². The van der Waals surface area contributed by atoms with E-state index >= 15 is 0 Å². The summed E-state index contributed by atoms with van der Waals surface area (Å²) in [4.78, 5) is 16.6. The molecule has 3 rings (SSSR count). The number of imidazole rings is 1. The smallest absolute Gasteiger partial charge is 0.232 e. The number of fused-ring (bicyclic) bond motifs is 1. The first-order chi connectivity index (χ1) is 10.7. The molecule has 4 nitrogen and oxygen atoms in total. The molecule has 0 N–H and O–H groups in total. The second-order valence-electron chi connectivity index (χ2n) is 5.27. The highest BCUT2D eigenvalue weighted by atomic mass is 16.5. The standard InChI is InChI=1S/C18H18N2O2/c1-14-9-10-17-16(12-14)19-13-20(17)18(21)8-5-11-22-15-6-3-2-4-7-15/h2-4,6-7,9-10,12-13H,5,8,11H2,1H3. The summed E-state index contributed by atoms with van der Waals surface area (Å²) in [6.45, 7) is 2.54. The molecule has 0 aliphatic heterocycles. The topological polar surface area (TPSA) is 44.1 Å². The summed E-state index contributed by atoms with van der Waals surface area (Å²) in [5, 5.41) is 0. The first-order valence-electron chi connectivity index (χ1n) is 7.39. The van der Waals surface area contributed by atoms with E-state index in [1.807, 2.05) is 55.5 Å². The van der Waals surface area contributed by atoms with Gasteiger partial charge in [-0.05, 0) is 43.2 Å². The maximum Gasteiger partial charge on any atom is 0.232 e. The van der Waals surface area contributed by atoms with Crippen molar-refractivity contribution in [2.45, 2.75) is 19.8 Å². The van der Waals surface area contributed by atoms with Crippen molar-refractivity contribution in [2.24, 2.45) is 0 Å². The average molecular weight is 294 g/mol. The van der Waals surface area contributed by atoms with Crippen LogP contribution in [0.3, 0.4) is 0 Å². The number of aromatic nitrogens is 2. The lowest BCUT2D eigenvalue weighted by Gasteiger charge is -2.06. The van der Waals surface area contributed by atoms with Gasteiger partial charge in [0.15, 0.2) is 0 Å². The summed E-state index contributed by atoms with van der Waals surface area (Å²) in [6, 6.07) is 15.5. The number of rotatable bonds is 5. The third kappa shape index (κ3) is 3.17. The second kappa shape index (κ2) is 6.43. The Morgan fingerprint density at radius 1 is 1.18 bits per heavy atom. The number of para-hydroxylation sites is 1. The van der Waals surface area contributed by atoms with Crippen molar-refractivity contribution in [1.82, 2.24) is 9.55 Å². The molecule has 112 valence electrons. The number of carbonyl (C=O) groups excluding carboxylic acids is 1. The Kier molecular flexibility index (Phi) is 4.19. The molecule has 0 radical (unpaired) electrons. The number of hydrogen-bond acceptors (Lipinski definition) is 3. The Balaban J connectivity index is 1.57. The highest BCUT2D eigenvalue weighted by molar-refractivity contribution is 5.90. The van der Waals surface area contributed by atoms with Gasteiger partial charge >= 0.3 is 0 Å². The number of aryl methyl sites for hydroxylation is 1. The molecule has 0 atom stereocenters. The molecule has 0 saturated heterocycles. The van der Waals surface area contributed by atoms with Crippen LogP contribution in [0, 0.1) is 6.92 Å². The first-order valence-corrected chi connectivity index (χ1v) is 7.39. The van der Waals surface area contributed by atoms with E-state index in [0.717, 1.165) is 22.3 Å². The summed E-state index contributed by atoms with van der Waals surface area (Å²) in [6.07, 6.45) is 2.72. The van der Waals surface area contributed by atoms with Gasteiger partial charge in [-0.25, -0.2) is 4.98 Å². The summed E-state index contributed by atoms with van der Waals surface area (Å²) in [5.41, 5.74) is 2.86. The zero-order chi connectivity index (χ0) is 15.4. The molecule has 1 aromatic heterocycles. The molecule has 0 unspecified atom stereocenters. The lowest BCUT2D eigenvalue weighted by Crippen LogP contribution is -2.11. The molecule has 4 heteroatoms. The van der Waals surface area contributed by atoms with Crippen molar-refractivity contribution in [3.8, 4) is 5.75 Å².